The van der Waals surface area contributed by atoms with Crippen molar-refractivity contribution in [3.63, 3.8) is 0 Å². The Hall–Kier alpha value is -1.35. The molecular formula is C12H17NO2. The first-order valence-electron chi connectivity index (χ1n) is 5.15. The van der Waals surface area contributed by atoms with Gasteiger partial charge in [-0.1, -0.05) is 29.8 Å². The van der Waals surface area contributed by atoms with E-state index < -0.39 is 0 Å². The Balaban J connectivity index is 2.33. The van der Waals surface area contributed by atoms with Gasteiger partial charge in [0.15, 0.2) is 0 Å². The summed E-state index contributed by atoms with van der Waals surface area (Å²) in [4.78, 5) is 11.2. The lowest BCUT2D eigenvalue weighted by molar-refractivity contribution is -0.121. The highest BCUT2D eigenvalue weighted by atomic mass is 16.3. The van der Waals surface area contributed by atoms with Crippen LogP contribution in [0, 0.1) is 6.92 Å². The fourth-order valence-corrected chi connectivity index (χ4v) is 1.35. The number of hydrogen-bond donors (Lipinski definition) is 2. The van der Waals surface area contributed by atoms with Crippen molar-refractivity contribution >= 4 is 5.91 Å². The van der Waals surface area contributed by atoms with Gasteiger partial charge in [-0.05, 0) is 18.9 Å². The van der Waals surface area contributed by atoms with Crippen LogP contribution in [0.1, 0.15) is 24.0 Å². The van der Waals surface area contributed by atoms with Gasteiger partial charge >= 0.3 is 0 Å². The van der Waals surface area contributed by atoms with E-state index in [0.717, 1.165) is 5.56 Å². The van der Waals surface area contributed by atoms with Crippen molar-refractivity contribution in [3.8, 4) is 0 Å². The quantitative estimate of drug-likeness (QED) is 0.766. The van der Waals surface area contributed by atoms with Gasteiger partial charge in [-0.3, -0.25) is 4.79 Å². The van der Waals surface area contributed by atoms with Crippen LogP contribution in [-0.2, 0) is 11.3 Å². The third-order valence-corrected chi connectivity index (χ3v) is 2.13. The minimum atomic E-state index is -0.00874. The van der Waals surface area contributed by atoms with Gasteiger partial charge in [-0.25, -0.2) is 0 Å². The Labute approximate surface area is 90.1 Å². The maximum atomic E-state index is 11.2. The second-order valence-electron chi connectivity index (χ2n) is 3.59. The third kappa shape index (κ3) is 4.61. The van der Waals surface area contributed by atoms with E-state index in [-0.39, 0.29) is 12.5 Å². The van der Waals surface area contributed by atoms with Gasteiger partial charge in [-0.2, -0.15) is 0 Å². The summed E-state index contributed by atoms with van der Waals surface area (Å²) in [7, 11) is 0. The molecule has 1 amide bonds. The molecule has 3 nitrogen and oxygen atoms in total. The molecule has 0 aliphatic carbocycles. The van der Waals surface area contributed by atoms with Crippen molar-refractivity contribution in [2.24, 2.45) is 0 Å². The van der Waals surface area contributed by atoms with Crippen LogP contribution in [0.3, 0.4) is 0 Å². The summed E-state index contributed by atoms with van der Waals surface area (Å²) in [6.45, 7) is 2.65. The van der Waals surface area contributed by atoms with Gasteiger partial charge in [0, 0.05) is 19.6 Å². The highest BCUT2D eigenvalue weighted by Crippen LogP contribution is 2.03. The van der Waals surface area contributed by atoms with Crippen molar-refractivity contribution in [3.05, 3.63) is 35.4 Å². The predicted molar refractivity (Wildman–Crippen MR) is 59.3 cm³/mol. The summed E-state index contributed by atoms with van der Waals surface area (Å²) in [6.07, 6.45) is 0.919. The highest BCUT2D eigenvalue weighted by molar-refractivity contribution is 5.75. The molecule has 3 heteroatoms. The summed E-state index contributed by atoms with van der Waals surface area (Å²) in [5, 5.41) is 11.4. The van der Waals surface area contributed by atoms with E-state index in [4.69, 9.17) is 5.11 Å². The maximum Gasteiger partial charge on any atom is 0.220 e. The number of amides is 1. The number of rotatable bonds is 5. The molecule has 0 saturated heterocycles. The molecule has 0 bridgehead atoms. The molecule has 0 radical (unpaired) electrons. The van der Waals surface area contributed by atoms with Crippen molar-refractivity contribution in [1.29, 1.82) is 0 Å². The smallest absolute Gasteiger partial charge is 0.220 e. The SMILES string of the molecule is Cc1cccc(CNC(=O)CCCO)c1. The fourth-order valence-electron chi connectivity index (χ4n) is 1.35. The van der Waals surface area contributed by atoms with Crippen LogP contribution < -0.4 is 5.32 Å². The van der Waals surface area contributed by atoms with E-state index in [0.29, 0.717) is 19.4 Å². The average Bonchev–Trinajstić information content (AvgIpc) is 2.23. The fraction of sp³-hybridized carbons (Fsp3) is 0.417. The molecule has 1 aromatic carbocycles. The highest BCUT2D eigenvalue weighted by Gasteiger charge is 2.00. The second kappa shape index (κ2) is 6.19. The first-order valence-corrected chi connectivity index (χ1v) is 5.15. The zero-order valence-corrected chi connectivity index (χ0v) is 8.99. The van der Waals surface area contributed by atoms with Crippen molar-refractivity contribution in [1.82, 2.24) is 5.32 Å². The first kappa shape index (κ1) is 11.7. The Morgan fingerprint density at radius 3 is 2.93 bits per heavy atom. The van der Waals surface area contributed by atoms with Crippen molar-refractivity contribution in [2.75, 3.05) is 6.61 Å². The summed E-state index contributed by atoms with van der Waals surface area (Å²) in [5.74, 6) is -0.00874. The predicted octanol–water partition coefficient (Wildman–Crippen LogP) is 1.38. The number of nitrogens with one attached hydrogen (secondary N) is 1. The molecule has 0 fully saturated rings. The number of carbonyl (C=O) groups excluding carboxylic acids is 1. The van der Waals surface area contributed by atoms with Crippen LogP contribution in [-0.4, -0.2) is 17.6 Å². The summed E-state index contributed by atoms with van der Waals surface area (Å²) < 4.78 is 0. The van der Waals surface area contributed by atoms with Gasteiger partial charge < -0.3 is 10.4 Å². The zero-order valence-electron chi connectivity index (χ0n) is 8.99. The lowest BCUT2D eigenvalue weighted by atomic mass is 10.1. The van der Waals surface area contributed by atoms with E-state index in [1.807, 2.05) is 31.2 Å². The monoisotopic (exact) mass is 207 g/mol. The lowest BCUT2D eigenvalue weighted by Gasteiger charge is -2.05. The number of aryl methyl sites for hydroxylation is 1. The molecule has 0 saturated carbocycles. The minimum absolute atomic E-state index is 0.00874. The lowest BCUT2D eigenvalue weighted by Crippen LogP contribution is -2.22. The van der Waals surface area contributed by atoms with Gasteiger partial charge in [0.2, 0.25) is 5.91 Å². The third-order valence-electron chi connectivity index (χ3n) is 2.13. The molecule has 0 aliphatic heterocycles. The normalized spacial score (nSPS) is 10.0. The molecule has 82 valence electrons. The molecule has 0 aromatic heterocycles. The first-order chi connectivity index (χ1) is 7.22. The summed E-state index contributed by atoms with van der Waals surface area (Å²) >= 11 is 0. The van der Waals surface area contributed by atoms with E-state index in [2.05, 4.69) is 5.32 Å². The maximum absolute atomic E-state index is 11.2. The zero-order chi connectivity index (χ0) is 11.1. The van der Waals surface area contributed by atoms with E-state index in [1.54, 1.807) is 0 Å². The number of aliphatic hydroxyl groups is 1. The molecule has 0 heterocycles. The molecule has 15 heavy (non-hydrogen) atoms. The summed E-state index contributed by atoms with van der Waals surface area (Å²) in [6, 6.07) is 8.03. The Bertz CT molecular complexity index is 323. The molecule has 2 N–H and O–H groups in total. The van der Waals surface area contributed by atoms with Crippen LogP contribution >= 0.6 is 0 Å². The molecule has 0 unspecified atom stereocenters. The van der Waals surface area contributed by atoms with Crippen molar-refractivity contribution in [2.45, 2.75) is 26.3 Å². The van der Waals surface area contributed by atoms with E-state index in [9.17, 15) is 4.79 Å². The Kier molecular flexibility index (Phi) is 4.84. The van der Waals surface area contributed by atoms with Crippen molar-refractivity contribution < 1.29 is 9.90 Å². The standard InChI is InChI=1S/C12H17NO2/c1-10-4-2-5-11(8-10)9-13-12(15)6-3-7-14/h2,4-5,8,14H,3,6-7,9H2,1H3,(H,13,15). The van der Waals surface area contributed by atoms with Gasteiger partial charge in [-0.15, -0.1) is 0 Å². The Morgan fingerprint density at radius 1 is 1.47 bits per heavy atom. The van der Waals surface area contributed by atoms with Crippen LogP contribution in [0.25, 0.3) is 0 Å². The number of hydrogen-bond acceptors (Lipinski definition) is 2. The second-order valence-corrected chi connectivity index (χ2v) is 3.59. The van der Waals surface area contributed by atoms with E-state index >= 15 is 0 Å². The van der Waals surface area contributed by atoms with Crippen LogP contribution in [0.2, 0.25) is 0 Å². The molecular weight excluding hydrogens is 190 g/mol. The average molecular weight is 207 g/mol. The largest absolute Gasteiger partial charge is 0.396 e. The minimum Gasteiger partial charge on any atom is -0.396 e. The van der Waals surface area contributed by atoms with Crippen LogP contribution in [0.15, 0.2) is 24.3 Å². The van der Waals surface area contributed by atoms with Gasteiger partial charge in [0.05, 0.1) is 0 Å². The molecule has 1 aromatic rings. The number of carbonyl (C=O) groups is 1. The van der Waals surface area contributed by atoms with Crippen LogP contribution in [0.5, 0.6) is 0 Å². The molecule has 0 aliphatic rings. The van der Waals surface area contributed by atoms with Crippen LogP contribution in [0.4, 0.5) is 0 Å². The molecule has 0 atom stereocenters. The Morgan fingerprint density at radius 2 is 2.27 bits per heavy atom. The molecule has 0 spiro atoms. The number of benzene rings is 1. The molecule has 1 rings (SSSR count). The summed E-state index contributed by atoms with van der Waals surface area (Å²) in [5.41, 5.74) is 2.30. The number of aliphatic hydroxyl groups excluding tert-OH is 1. The van der Waals surface area contributed by atoms with E-state index in [1.165, 1.54) is 5.56 Å². The van der Waals surface area contributed by atoms with Gasteiger partial charge in [0.25, 0.3) is 0 Å². The van der Waals surface area contributed by atoms with Gasteiger partial charge in [0.1, 0.15) is 0 Å². The topological polar surface area (TPSA) is 49.3 Å².